The minimum Gasteiger partial charge on any atom is -0.489 e. The molecule has 0 aliphatic carbocycles. The van der Waals surface area contributed by atoms with Gasteiger partial charge in [0.1, 0.15) is 30.9 Å². The zero-order chi connectivity index (χ0) is 14.7. The molecule has 0 atom stereocenters. The van der Waals surface area contributed by atoms with Gasteiger partial charge in [0.05, 0.1) is 0 Å². The van der Waals surface area contributed by atoms with Crippen molar-refractivity contribution in [3.05, 3.63) is 51.7 Å². The summed E-state index contributed by atoms with van der Waals surface area (Å²) in [6.07, 6.45) is 1.22. The molecule has 6 nitrogen and oxygen atoms in total. The second-order valence-corrected chi connectivity index (χ2v) is 4.33. The lowest BCUT2D eigenvalue weighted by Gasteiger charge is -2.07. The molecule has 0 radical (unpaired) electrons. The highest BCUT2D eigenvalue weighted by molar-refractivity contribution is 5.28. The maximum Gasteiger partial charge on any atom is 0.342 e. The van der Waals surface area contributed by atoms with Gasteiger partial charge >= 0.3 is 5.82 Å². The summed E-state index contributed by atoms with van der Waals surface area (Å²) in [5, 5.41) is 10.8. The number of aromatic nitrogens is 2. The molecule has 0 bridgehead atoms. The quantitative estimate of drug-likeness (QED) is 0.623. The first kappa shape index (κ1) is 14.0. The second kappa shape index (κ2) is 5.68. The number of benzene rings is 1. The van der Waals surface area contributed by atoms with Crippen LogP contribution in [0.3, 0.4) is 0 Å². The van der Waals surface area contributed by atoms with Gasteiger partial charge in [-0.2, -0.15) is 0 Å². The molecular weight excluding hydrogens is 265 g/mol. The topological polar surface area (TPSA) is 70.2 Å². The van der Waals surface area contributed by atoms with Crippen LogP contribution in [0.2, 0.25) is 0 Å². The maximum absolute atomic E-state index is 13.1. The van der Waals surface area contributed by atoms with Gasteiger partial charge in [-0.25, -0.2) is 13.9 Å². The zero-order valence-corrected chi connectivity index (χ0v) is 11.2. The fraction of sp³-hybridized carbons (Fsp3) is 0.308. The van der Waals surface area contributed by atoms with Crippen LogP contribution < -0.4 is 4.74 Å². The van der Waals surface area contributed by atoms with Crippen LogP contribution in [0.15, 0.2) is 24.4 Å². The number of hydrogen-bond donors (Lipinski definition) is 0. The third-order valence-corrected chi connectivity index (χ3v) is 2.93. The van der Waals surface area contributed by atoms with E-state index in [0.29, 0.717) is 23.7 Å². The van der Waals surface area contributed by atoms with E-state index in [1.807, 2.05) is 0 Å². The number of nitro groups is 1. The van der Waals surface area contributed by atoms with Crippen LogP contribution in [0.4, 0.5) is 10.2 Å². The van der Waals surface area contributed by atoms with Crippen molar-refractivity contribution >= 4 is 5.82 Å². The third-order valence-electron chi connectivity index (χ3n) is 2.93. The summed E-state index contributed by atoms with van der Waals surface area (Å²) in [7, 11) is 0. The van der Waals surface area contributed by atoms with Crippen LogP contribution in [-0.2, 0) is 6.54 Å². The first-order chi connectivity index (χ1) is 9.49. The summed E-state index contributed by atoms with van der Waals surface area (Å²) < 4.78 is 20.0. The first-order valence-electron chi connectivity index (χ1n) is 6.04. The van der Waals surface area contributed by atoms with Crippen molar-refractivity contribution in [2.75, 3.05) is 6.61 Å². The largest absolute Gasteiger partial charge is 0.489 e. The van der Waals surface area contributed by atoms with Crippen LogP contribution in [0.1, 0.15) is 11.4 Å². The lowest BCUT2D eigenvalue weighted by atomic mass is 10.2. The predicted octanol–water partition coefficient (Wildman–Crippen LogP) is 2.63. The zero-order valence-electron chi connectivity index (χ0n) is 11.2. The van der Waals surface area contributed by atoms with Crippen molar-refractivity contribution in [1.29, 1.82) is 0 Å². The van der Waals surface area contributed by atoms with Crippen molar-refractivity contribution in [3.63, 3.8) is 0 Å². The Kier molecular flexibility index (Phi) is 3.97. The average molecular weight is 279 g/mol. The van der Waals surface area contributed by atoms with Crippen molar-refractivity contribution < 1.29 is 14.1 Å². The Bertz CT molecular complexity index is 640. The normalized spacial score (nSPS) is 10.6. The molecule has 0 fully saturated rings. The molecule has 1 heterocycles. The highest BCUT2D eigenvalue weighted by Gasteiger charge is 2.16. The third kappa shape index (κ3) is 2.93. The number of halogens is 1. The molecule has 2 aromatic rings. The Hall–Kier alpha value is -2.44. The molecule has 1 aromatic carbocycles. The molecular formula is C13H14FN3O3. The minimum absolute atomic E-state index is 0.0682. The van der Waals surface area contributed by atoms with Gasteiger partial charge in [0.2, 0.25) is 0 Å². The van der Waals surface area contributed by atoms with Crippen LogP contribution in [0.5, 0.6) is 5.75 Å². The van der Waals surface area contributed by atoms with E-state index in [1.165, 1.54) is 22.9 Å². The van der Waals surface area contributed by atoms with Crippen molar-refractivity contribution in [3.8, 4) is 5.75 Å². The maximum atomic E-state index is 13.1. The van der Waals surface area contributed by atoms with E-state index in [0.717, 1.165) is 0 Å². The molecule has 2 rings (SSSR count). The van der Waals surface area contributed by atoms with Gasteiger partial charge in [-0.15, -0.1) is 0 Å². The number of rotatable bonds is 5. The molecule has 0 aliphatic heterocycles. The van der Waals surface area contributed by atoms with Gasteiger partial charge in [-0.3, -0.25) is 0 Å². The number of aryl methyl sites for hydroxylation is 2. The average Bonchev–Trinajstić information content (AvgIpc) is 2.76. The standard InChI is InChI=1S/C13H14FN3O3/c1-9-7-11(3-4-12(9)14)20-6-5-16-10(2)15-8-13(16)17(18)19/h3-4,7-8H,5-6H2,1-2H3. The number of imidazole rings is 1. The Balaban J connectivity index is 2.01. The van der Waals surface area contributed by atoms with Crippen LogP contribution >= 0.6 is 0 Å². The van der Waals surface area contributed by atoms with E-state index in [1.54, 1.807) is 19.9 Å². The van der Waals surface area contributed by atoms with Gasteiger partial charge in [-0.1, -0.05) is 0 Å². The second-order valence-electron chi connectivity index (χ2n) is 4.33. The summed E-state index contributed by atoms with van der Waals surface area (Å²) in [5.74, 6) is 0.722. The van der Waals surface area contributed by atoms with Gasteiger partial charge < -0.3 is 14.9 Å². The Labute approximate surface area is 115 Å². The molecule has 0 unspecified atom stereocenters. The lowest BCUT2D eigenvalue weighted by Crippen LogP contribution is -2.11. The Morgan fingerprint density at radius 3 is 2.85 bits per heavy atom. The van der Waals surface area contributed by atoms with E-state index >= 15 is 0 Å². The molecule has 106 valence electrons. The van der Waals surface area contributed by atoms with Crippen molar-refractivity contribution in [2.45, 2.75) is 20.4 Å². The summed E-state index contributed by atoms with van der Waals surface area (Å²) in [5.41, 5.74) is 0.493. The highest BCUT2D eigenvalue weighted by Crippen LogP contribution is 2.17. The highest BCUT2D eigenvalue weighted by atomic mass is 19.1. The monoisotopic (exact) mass is 279 g/mol. The van der Waals surface area contributed by atoms with E-state index in [9.17, 15) is 14.5 Å². The minimum atomic E-state index is -0.484. The van der Waals surface area contributed by atoms with Gasteiger partial charge in [0, 0.05) is 6.92 Å². The predicted molar refractivity (Wildman–Crippen MR) is 70.3 cm³/mol. The van der Waals surface area contributed by atoms with E-state index in [4.69, 9.17) is 4.74 Å². The van der Waals surface area contributed by atoms with Crippen molar-refractivity contribution in [2.24, 2.45) is 0 Å². The fourth-order valence-electron chi connectivity index (χ4n) is 1.84. The smallest absolute Gasteiger partial charge is 0.342 e. The number of hydrogen-bond acceptors (Lipinski definition) is 4. The van der Waals surface area contributed by atoms with Gasteiger partial charge in [0.15, 0.2) is 5.82 Å². The number of nitrogens with zero attached hydrogens (tertiary/aromatic N) is 3. The first-order valence-corrected chi connectivity index (χ1v) is 6.04. The van der Waals surface area contributed by atoms with Crippen LogP contribution in [0, 0.1) is 29.8 Å². The Morgan fingerprint density at radius 1 is 1.45 bits per heavy atom. The molecule has 0 saturated carbocycles. The molecule has 0 aliphatic rings. The van der Waals surface area contributed by atoms with Gasteiger partial charge in [0.25, 0.3) is 0 Å². The summed E-state index contributed by atoms with van der Waals surface area (Å²) in [4.78, 5) is 14.2. The van der Waals surface area contributed by atoms with E-state index in [2.05, 4.69) is 4.98 Å². The fourth-order valence-corrected chi connectivity index (χ4v) is 1.84. The molecule has 0 N–H and O–H groups in total. The van der Waals surface area contributed by atoms with Crippen LogP contribution in [-0.4, -0.2) is 21.1 Å². The van der Waals surface area contributed by atoms with E-state index < -0.39 is 4.92 Å². The van der Waals surface area contributed by atoms with Crippen LogP contribution in [0.25, 0.3) is 0 Å². The Morgan fingerprint density at radius 2 is 2.20 bits per heavy atom. The SMILES string of the molecule is Cc1cc(OCCn2c([N+](=O)[O-])cnc2C)ccc1F. The molecule has 20 heavy (non-hydrogen) atoms. The lowest BCUT2D eigenvalue weighted by molar-refractivity contribution is -0.392. The number of ether oxygens (including phenoxy) is 1. The molecule has 1 aromatic heterocycles. The van der Waals surface area contributed by atoms with Crippen molar-refractivity contribution in [1.82, 2.24) is 9.55 Å². The van der Waals surface area contributed by atoms with Gasteiger partial charge in [-0.05, 0) is 35.6 Å². The molecule has 7 heteroatoms. The summed E-state index contributed by atoms with van der Waals surface area (Å²) in [6.45, 7) is 3.88. The molecule has 0 spiro atoms. The summed E-state index contributed by atoms with van der Waals surface area (Å²) >= 11 is 0. The molecule has 0 amide bonds. The summed E-state index contributed by atoms with van der Waals surface area (Å²) in [6, 6.07) is 4.44. The van der Waals surface area contributed by atoms with E-state index in [-0.39, 0.29) is 18.2 Å². The molecule has 0 saturated heterocycles.